The SMILES string of the molecule is C[C@H](Nc1ncnc2c1oc1ccccc12)C(=O)[O-]. The zero-order chi connectivity index (χ0) is 13.4. The van der Waals surface area contributed by atoms with Gasteiger partial charge in [-0.1, -0.05) is 12.1 Å². The molecule has 19 heavy (non-hydrogen) atoms. The Bertz CT molecular complexity index is 766. The fourth-order valence-electron chi connectivity index (χ4n) is 1.89. The second-order valence-corrected chi connectivity index (χ2v) is 4.18. The summed E-state index contributed by atoms with van der Waals surface area (Å²) >= 11 is 0. The average Bonchev–Trinajstić information content (AvgIpc) is 2.78. The zero-order valence-electron chi connectivity index (χ0n) is 10.1. The van der Waals surface area contributed by atoms with Crippen molar-refractivity contribution < 1.29 is 14.3 Å². The number of nitrogens with zero attached hydrogens (tertiary/aromatic N) is 2. The van der Waals surface area contributed by atoms with Crippen LogP contribution in [0.15, 0.2) is 35.0 Å². The van der Waals surface area contributed by atoms with Crippen LogP contribution in [0.3, 0.4) is 0 Å². The van der Waals surface area contributed by atoms with Crippen molar-refractivity contribution >= 4 is 33.9 Å². The molecule has 0 aliphatic heterocycles. The maximum absolute atomic E-state index is 10.8. The van der Waals surface area contributed by atoms with Gasteiger partial charge in [0.2, 0.25) is 0 Å². The minimum absolute atomic E-state index is 0.345. The molecule has 96 valence electrons. The number of carbonyl (C=O) groups excluding carboxylic acids is 1. The summed E-state index contributed by atoms with van der Waals surface area (Å²) in [6.45, 7) is 1.48. The quantitative estimate of drug-likeness (QED) is 0.749. The first-order valence-electron chi connectivity index (χ1n) is 5.76. The molecular formula is C13H10N3O3-. The molecule has 2 aromatic heterocycles. The zero-order valence-corrected chi connectivity index (χ0v) is 10.1. The lowest BCUT2D eigenvalue weighted by Gasteiger charge is -2.14. The molecule has 0 radical (unpaired) electrons. The van der Waals surface area contributed by atoms with Crippen LogP contribution in [0.4, 0.5) is 5.82 Å². The van der Waals surface area contributed by atoms with E-state index in [0.29, 0.717) is 22.5 Å². The lowest BCUT2D eigenvalue weighted by atomic mass is 10.2. The van der Waals surface area contributed by atoms with E-state index in [-0.39, 0.29) is 0 Å². The van der Waals surface area contributed by atoms with E-state index in [0.717, 1.165) is 5.39 Å². The Kier molecular flexibility index (Phi) is 2.56. The first-order chi connectivity index (χ1) is 9.16. The van der Waals surface area contributed by atoms with Gasteiger partial charge in [0.05, 0.1) is 12.0 Å². The normalized spacial score (nSPS) is 12.7. The maximum atomic E-state index is 10.8. The van der Waals surface area contributed by atoms with Gasteiger partial charge in [0.15, 0.2) is 11.4 Å². The first-order valence-corrected chi connectivity index (χ1v) is 5.76. The van der Waals surface area contributed by atoms with Gasteiger partial charge in [0.25, 0.3) is 0 Å². The number of rotatable bonds is 3. The predicted molar refractivity (Wildman–Crippen MR) is 67.4 cm³/mol. The van der Waals surface area contributed by atoms with Crippen molar-refractivity contribution in [2.45, 2.75) is 13.0 Å². The molecule has 6 nitrogen and oxygen atoms in total. The van der Waals surface area contributed by atoms with Crippen LogP contribution in [-0.2, 0) is 4.79 Å². The van der Waals surface area contributed by atoms with Gasteiger partial charge in [-0.25, -0.2) is 9.97 Å². The summed E-state index contributed by atoms with van der Waals surface area (Å²) in [4.78, 5) is 19.0. The number of benzene rings is 1. The van der Waals surface area contributed by atoms with Crippen molar-refractivity contribution in [1.29, 1.82) is 0 Å². The number of aromatic nitrogens is 2. The molecule has 0 spiro atoms. The summed E-state index contributed by atoms with van der Waals surface area (Å²) in [6.07, 6.45) is 1.37. The van der Waals surface area contributed by atoms with Gasteiger partial charge in [-0.15, -0.1) is 0 Å². The number of para-hydroxylation sites is 1. The van der Waals surface area contributed by atoms with E-state index in [1.807, 2.05) is 24.3 Å². The van der Waals surface area contributed by atoms with Crippen LogP contribution in [0.25, 0.3) is 22.1 Å². The Morgan fingerprint density at radius 3 is 2.95 bits per heavy atom. The molecule has 1 N–H and O–H groups in total. The Morgan fingerprint density at radius 2 is 2.16 bits per heavy atom. The Balaban J connectivity index is 2.18. The molecule has 0 aliphatic carbocycles. The van der Waals surface area contributed by atoms with Crippen LogP contribution in [0.1, 0.15) is 6.92 Å². The fraction of sp³-hybridized carbons (Fsp3) is 0.154. The van der Waals surface area contributed by atoms with Crippen molar-refractivity contribution in [2.24, 2.45) is 0 Å². The van der Waals surface area contributed by atoms with E-state index in [2.05, 4.69) is 15.3 Å². The Hall–Kier alpha value is -2.63. The third kappa shape index (κ3) is 1.87. The molecule has 0 saturated heterocycles. The summed E-state index contributed by atoms with van der Waals surface area (Å²) in [5, 5.41) is 14.4. The Morgan fingerprint density at radius 1 is 1.37 bits per heavy atom. The number of anilines is 1. The van der Waals surface area contributed by atoms with E-state index in [1.165, 1.54) is 13.3 Å². The second kappa shape index (κ2) is 4.24. The fourth-order valence-corrected chi connectivity index (χ4v) is 1.89. The standard InChI is InChI=1S/C13H11N3O3/c1-7(13(17)18)16-12-11-10(14-6-15-12)8-4-2-3-5-9(8)19-11/h2-7H,1H3,(H,17,18)(H,14,15,16)/p-1/t7-/m0/s1. The van der Waals surface area contributed by atoms with E-state index >= 15 is 0 Å². The molecule has 0 fully saturated rings. The predicted octanol–water partition coefficient (Wildman–Crippen LogP) is 0.926. The molecule has 0 bridgehead atoms. The van der Waals surface area contributed by atoms with Gasteiger partial charge in [-0.2, -0.15) is 0 Å². The maximum Gasteiger partial charge on any atom is 0.196 e. The van der Waals surface area contributed by atoms with Gasteiger partial charge >= 0.3 is 0 Å². The van der Waals surface area contributed by atoms with Crippen LogP contribution in [-0.4, -0.2) is 22.0 Å². The number of aliphatic carboxylic acids is 1. The van der Waals surface area contributed by atoms with Crippen LogP contribution in [0, 0.1) is 0 Å². The van der Waals surface area contributed by atoms with E-state index in [4.69, 9.17) is 4.42 Å². The van der Waals surface area contributed by atoms with Crippen molar-refractivity contribution in [3.8, 4) is 0 Å². The number of hydrogen-bond donors (Lipinski definition) is 1. The van der Waals surface area contributed by atoms with Gasteiger partial charge in [0, 0.05) is 5.39 Å². The summed E-state index contributed by atoms with van der Waals surface area (Å²) in [7, 11) is 0. The van der Waals surface area contributed by atoms with Gasteiger partial charge in [-0.05, 0) is 19.1 Å². The molecule has 3 aromatic rings. The minimum atomic E-state index is -1.21. The number of hydrogen-bond acceptors (Lipinski definition) is 6. The topological polar surface area (TPSA) is 91.1 Å². The highest BCUT2D eigenvalue weighted by Crippen LogP contribution is 2.30. The largest absolute Gasteiger partial charge is 0.548 e. The second-order valence-electron chi connectivity index (χ2n) is 4.18. The minimum Gasteiger partial charge on any atom is -0.548 e. The lowest BCUT2D eigenvalue weighted by Crippen LogP contribution is -2.38. The molecule has 0 aliphatic rings. The number of nitrogens with one attached hydrogen (secondary N) is 1. The van der Waals surface area contributed by atoms with E-state index < -0.39 is 12.0 Å². The van der Waals surface area contributed by atoms with Crippen molar-refractivity contribution in [3.63, 3.8) is 0 Å². The molecule has 1 atom stereocenters. The van der Waals surface area contributed by atoms with Crippen LogP contribution < -0.4 is 10.4 Å². The summed E-state index contributed by atoms with van der Waals surface area (Å²) in [5.41, 5.74) is 1.78. The molecule has 0 saturated carbocycles. The van der Waals surface area contributed by atoms with Gasteiger partial charge in [0.1, 0.15) is 17.4 Å². The molecule has 1 aromatic carbocycles. The summed E-state index contributed by atoms with van der Waals surface area (Å²) in [6, 6.07) is 6.58. The summed E-state index contributed by atoms with van der Waals surface area (Å²) in [5.74, 6) is -0.860. The third-order valence-electron chi connectivity index (χ3n) is 2.86. The highest BCUT2D eigenvalue weighted by molar-refractivity contribution is 6.05. The van der Waals surface area contributed by atoms with E-state index in [9.17, 15) is 9.90 Å². The monoisotopic (exact) mass is 256 g/mol. The highest BCUT2D eigenvalue weighted by Gasteiger charge is 2.14. The first kappa shape index (κ1) is 11.5. The molecule has 0 amide bonds. The molecule has 0 unspecified atom stereocenters. The number of furan rings is 1. The number of carboxylic acid groups (broad SMARTS) is 1. The van der Waals surface area contributed by atoms with Crippen molar-refractivity contribution in [3.05, 3.63) is 30.6 Å². The number of fused-ring (bicyclic) bond motifs is 3. The smallest absolute Gasteiger partial charge is 0.196 e. The van der Waals surface area contributed by atoms with Crippen LogP contribution >= 0.6 is 0 Å². The molecule has 3 rings (SSSR count). The summed E-state index contributed by atoms with van der Waals surface area (Å²) < 4.78 is 5.66. The third-order valence-corrected chi connectivity index (χ3v) is 2.86. The highest BCUT2D eigenvalue weighted by atomic mass is 16.4. The average molecular weight is 256 g/mol. The molecule has 2 heterocycles. The van der Waals surface area contributed by atoms with Crippen LogP contribution in [0.5, 0.6) is 0 Å². The van der Waals surface area contributed by atoms with Gasteiger partial charge < -0.3 is 19.6 Å². The number of carboxylic acids is 1. The Labute approximate surface area is 108 Å². The van der Waals surface area contributed by atoms with Crippen LogP contribution in [0.2, 0.25) is 0 Å². The number of carbonyl (C=O) groups is 1. The lowest BCUT2D eigenvalue weighted by molar-refractivity contribution is -0.306. The van der Waals surface area contributed by atoms with Gasteiger partial charge in [-0.3, -0.25) is 0 Å². The molecule has 6 heteroatoms. The van der Waals surface area contributed by atoms with Crippen molar-refractivity contribution in [1.82, 2.24) is 9.97 Å². The van der Waals surface area contributed by atoms with E-state index in [1.54, 1.807) is 0 Å². The molecular weight excluding hydrogens is 246 g/mol. The van der Waals surface area contributed by atoms with Crippen molar-refractivity contribution in [2.75, 3.05) is 5.32 Å².